The van der Waals surface area contributed by atoms with E-state index >= 15 is 0 Å². The topological polar surface area (TPSA) is 9.23 Å². The van der Waals surface area contributed by atoms with Crippen LogP contribution in [0, 0.1) is 0 Å². The summed E-state index contributed by atoms with van der Waals surface area (Å²) in [6, 6.07) is 31.7. The standard InChI is InChI=1S/C23H23OSi.3CH3.Sn/c1-2-12-21(19-20-13-6-3-7-14-20)24-25(22-15-8-4-9-16-22)23-17-10-5-11-18-23;;;;/h2-11,13-18,21H,1,12,19H2;3*1H3;. The van der Waals surface area contributed by atoms with Gasteiger partial charge >= 0.3 is 34.6 Å². The van der Waals surface area contributed by atoms with Crippen LogP contribution in [0.1, 0.15) is 12.0 Å². The van der Waals surface area contributed by atoms with Crippen molar-refractivity contribution in [1.29, 1.82) is 0 Å². The molecule has 1 nitrogen and oxygen atoms in total. The van der Waals surface area contributed by atoms with E-state index in [4.69, 9.17) is 4.43 Å². The molecule has 0 heterocycles. The van der Waals surface area contributed by atoms with E-state index in [-0.39, 0.29) is 6.10 Å². The Bertz CT molecular complexity index is 764. The van der Waals surface area contributed by atoms with Crippen LogP contribution < -0.4 is 10.4 Å². The van der Waals surface area contributed by atoms with E-state index in [0.717, 1.165) is 12.8 Å². The van der Waals surface area contributed by atoms with Crippen molar-refractivity contribution in [3.05, 3.63) is 109 Å². The van der Waals surface area contributed by atoms with Crippen molar-refractivity contribution in [2.75, 3.05) is 0 Å². The van der Waals surface area contributed by atoms with Crippen LogP contribution in [0.15, 0.2) is 104 Å². The predicted octanol–water partition coefficient (Wildman–Crippen LogP) is 5.37. The molecular formula is C26H32OSiSn. The van der Waals surface area contributed by atoms with E-state index in [2.05, 4.69) is 112 Å². The summed E-state index contributed by atoms with van der Waals surface area (Å²) in [5.41, 5.74) is 1.30. The third-order valence-corrected chi connectivity index (χ3v) is 6.38. The SMILES string of the molecule is C=CCC(Cc1ccccc1)O[Si](c1ccccc1)c1ccccc1.[CH3][Sn]([CH3])[CH3]. The van der Waals surface area contributed by atoms with Crippen LogP contribution in [-0.4, -0.2) is 34.9 Å². The molecule has 0 aliphatic heterocycles. The van der Waals surface area contributed by atoms with Crippen molar-refractivity contribution >= 4 is 39.2 Å². The van der Waals surface area contributed by atoms with Crippen LogP contribution in [-0.2, 0) is 10.8 Å². The summed E-state index contributed by atoms with van der Waals surface area (Å²) in [5.74, 6) is 0. The molecule has 29 heavy (non-hydrogen) atoms. The van der Waals surface area contributed by atoms with Crippen LogP contribution in [0.3, 0.4) is 0 Å². The minimum atomic E-state index is -1.29. The number of rotatable bonds is 8. The summed E-state index contributed by atoms with van der Waals surface area (Å²) < 4.78 is 6.70. The molecule has 3 aromatic carbocycles. The van der Waals surface area contributed by atoms with Crippen molar-refractivity contribution in [1.82, 2.24) is 0 Å². The second-order valence-corrected chi connectivity index (χ2v) is 18.1. The van der Waals surface area contributed by atoms with Crippen molar-refractivity contribution in [2.24, 2.45) is 0 Å². The normalized spacial score (nSPS) is 11.6. The summed E-state index contributed by atoms with van der Waals surface area (Å²) in [5, 5.41) is 2.56. The zero-order chi connectivity index (χ0) is 20.9. The molecule has 0 bridgehead atoms. The molecule has 3 heteroatoms. The number of benzene rings is 3. The van der Waals surface area contributed by atoms with Crippen molar-refractivity contribution in [3.8, 4) is 0 Å². The summed E-state index contributed by atoms with van der Waals surface area (Å²) in [6.45, 7) is 3.93. The van der Waals surface area contributed by atoms with Gasteiger partial charge in [0.2, 0.25) is 0 Å². The van der Waals surface area contributed by atoms with Gasteiger partial charge in [0.15, 0.2) is 0 Å². The van der Waals surface area contributed by atoms with Crippen LogP contribution >= 0.6 is 0 Å². The van der Waals surface area contributed by atoms with Gasteiger partial charge in [-0.1, -0.05) is 97.1 Å². The van der Waals surface area contributed by atoms with Gasteiger partial charge in [-0.05, 0) is 28.8 Å². The van der Waals surface area contributed by atoms with E-state index < -0.39 is 28.8 Å². The first kappa shape index (κ1) is 23.7. The molecule has 0 saturated heterocycles. The minimum absolute atomic E-state index is 0.134. The van der Waals surface area contributed by atoms with Gasteiger partial charge < -0.3 is 4.43 Å². The molecule has 3 aromatic rings. The Morgan fingerprint density at radius 3 is 1.62 bits per heavy atom. The van der Waals surface area contributed by atoms with Gasteiger partial charge in [-0.25, -0.2) is 0 Å². The first-order valence-electron chi connectivity index (χ1n) is 10.2. The van der Waals surface area contributed by atoms with E-state index in [1.54, 1.807) is 0 Å². The van der Waals surface area contributed by atoms with E-state index in [1.807, 2.05) is 6.08 Å². The van der Waals surface area contributed by atoms with Crippen LogP contribution in [0.5, 0.6) is 0 Å². The fraction of sp³-hybridized carbons (Fsp3) is 0.231. The summed E-state index contributed by atoms with van der Waals surface area (Å²) in [4.78, 5) is 7.09. The Morgan fingerprint density at radius 1 is 0.793 bits per heavy atom. The predicted molar refractivity (Wildman–Crippen MR) is 131 cm³/mol. The fourth-order valence-corrected chi connectivity index (χ4v) is 4.99. The third kappa shape index (κ3) is 9.15. The number of hydrogen-bond donors (Lipinski definition) is 0. The zero-order valence-electron chi connectivity index (χ0n) is 17.8. The van der Waals surface area contributed by atoms with Crippen molar-refractivity contribution < 1.29 is 4.43 Å². The van der Waals surface area contributed by atoms with Crippen LogP contribution in [0.25, 0.3) is 0 Å². The molecular weight excluding hydrogens is 475 g/mol. The molecule has 0 amide bonds. The molecule has 0 saturated carbocycles. The first-order valence-corrected chi connectivity index (χ1v) is 20.1. The van der Waals surface area contributed by atoms with Crippen LogP contribution in [0.4, 0.5) is 0 Å². The molecule has 150 valence electrons. The summed E-state index contributed by atoms with van der Waals surface area (Å²) >= 11 is -0.543. The van der Waals surface area contributed by atoms with Crippen LogP contribution in [0.2, 0.25) is 14.8 Å². The second-order valence-electron chi connectivity index (χ2n) is 7.52. The fourth-order valence-electron chi connectivity index (χ4n) is 2.88. The van der Waals surface area contributed by atoms with Gasteiger partial charge in [-0.2, -0.15) is 0 Å². The first-order chi connectivity index (χ1) is 14.1. The molecule has 3 rings (SSSR count). The molecule has 1 unspecified atom stereocenters. The molecule has 0 aliphatic carbocycles. The Hall–Kier alpha value is -1.62. The molecule has 0 aromatic heterocycles. The molecule has 0 N–H and O–H groups in total. The van der Waals surface area contributed by atoms with E-state index in [9.17, 15) is 0 Å². The van der Waals surface area contributed by atoms with Gasteiger partial charge in [-0.3, -0.25) is 0 Å². The summed E-state index contributed by atoms with van der Waals surface area (Å²) in [7, 11) is -1.29. The Labute approximate surface area is 185 Å². The van der Waals surface area contributed by atoms with Crippen molar-refractivity contribution in [3.63, 3.8) is 0 Å². The average Bonchev–Trinajstić information content (AvgIpc) is 2.74. The monoisotopic (exact) mass is 508 g/mol. The maximum absolute atomic E-state index is 6.70. The zero-order valence-corrected chi connectivity index (χ0v) is 21.7. The van der Waals surface area contributed by atoms with Gasteiger partial charge in [0, 0.05) is 0 Å². The molecule has 0 spiro atoms. The summed E-state index contributed by atoms with van der Waals surface area (Å²) in [6.07, 6.45) is 3.85. The third-order valence-electron chi connectivity index (χ3n) is 4.09. The quantitative estimate of drug-likeness (QED) is 0.295. The van der Waals surface area contributed by atoms with E-state index in [0.29, 0.717) is 0 Å². The Balaban J connectivity index is 0.000000687. The second kappa shape index (κ2) is 13.6. The van der Waals surface area contributed by atoms with Gasteiger partial charge in [-0.15, -0.1) is 6.58 Å². The van der Waals surface area contributed by atoms with E-state index in [1.165, 1.54) is 15.9 Å². The van der Waals surface area contributed by atoms with Crippen molar-refractivity contribution in [2.45, 2.75) is 33.8 Å². The van der Waals surface area contributed by atoms with Gasteiger partial charge in [0.1, 0.15) is 0 Å². The average molecular weight is 507 g/mol. The molecule has 1 atom stereocenters. The molecule has 0 aliphatic rings. The molecule has 0 fully saturated rings. The Morgan fingerprint density at radius 2 is 1.21 bits per heavy atom. The van der Waals surface area contributed by atoms with Gasteiger partial charge in [0.25, 0.3) is 9.04 Å². The number of hydrogen-bond acceptors (Lipinski definition) is 1. The maximum atomic E-state index is 6.70. The Kier molecular flexibility index (Phi) is 11.1. The van der Waals surface area contributed by atoms with Gasteiger partial charge in [0.05, 0.1) is 6.10 Å². The molecule has 2 radical (unpaired) electrons.